The van der Waals surface area contributed by atoms with Crippen molar-refractivity contribution in [3.05, 3.63) is 68.8 Å². The first-order chi connectivity index (χ1) is 13.9. The van der Waals surface area contributed by atoms with E-state index in [1.807, 2.05) is 53.7 Å². The third-order valence-corrected chi connectivity index (χ3v) is 8.03. The van der Waals surface area contributed by atoms with E-state index in [9.17, 15) is 9.59 Å². The zero-order valence-corrected chi connectivity index (χ0v) is 20.2. The number of nitrogens with zero attached hydrogens (tertiary/aromatic N) is 1. The van der Waals surface area contributed by atoms with Gasteiger partial charge in [-0.3, -0.25) is 14.5 Å². The Labute approximate surface area is 181 Å². The number of hydrogen-bond acceptors (Lipinski definition) is 2. The first-order valence-electron chi connectivity index (χ1n) is 11.0. The lowest BCUT2D eigenvalue weighted by atomic mass is 9.67. The van der Waals surface area contributed by atoms with Crippen LogP contribution in [0.15, 0.2) is 24.3 Å². The van der Waals surface area contributed by atoms with Crippen LogP contribution in [0.3, 0.4) is 0 Å². The summed E-state index contributed by atoms with van der Waals surface area (Å²) in [5.74, 6) is -0.288. The normalized spacial score (nSPS) is 20.6. The van der Waals surface area contributed by atoms with Crippen LogP contribution in [-0.2, 0) is 5.41 Å². The molecule has 0 saturated heterocycles. The number of carbonyl (C=O) groups excluding carboxylic acids is 2. The van der Waals surface area contributed by atoms with Crippen molar-refractivity contribution in [3.63, 3.8) is 0 Å². The molecule has 1 unspecified atom stereocenters. The molecule has 0 N–H and O–H groups in total. The number of hydrogen-bond donors (Lipinski definition) is 0. The summed E-state index contributed by atoms with van der Waals surface area (Å²) in [7, 11) is 0. The van der Waals surface area contributed by atoms with E-state index >= 15 is 0 Å². The highest BCUT2D eigenvalue weighted by Crippen LogP contribution is 2.60. The molecule has 3 heteroatoms. The zero-order valence-electron chi connectivity index (χ0n) is 20.2. The van der Waals surface area contributed by atoms with Crippen LogP contribution in [0.2, 0.25) is 0 Å². The van der Waals surface area contributed by atoms with Crippen LogP contribution in [-0.4, -0.2) is 16.7 Å². The highest BCUT2D eigenvalue weighted by molar-refractivity contribution is 6.23. The van der Waals surface area contributed by atoms with Crippen molar-refractivity contribution in [1.29, 1.82) is 0 Å². The van der Waals surface area contributed by atoms with Crippen molar-refractivity contribution >= 4 is 11.8 Å². The van der Waals surface area contributed by atoms with Gasteiger partial charge in [-0.1, -0.05) is 65.8 Å². The van der Waals surface area contributed by atoms with E-state index < -0.39 is 0 Å². The monoisotopic (exact) mass is 405 g/mol. The molecule has 0 spiro atoms. The maximum atomic E-state index is 13.6. The first kappa shape index (κ1) is 22.3. The minimum Gasteiger partial charge on any atom is -0.269 e. The molecule has 4 rings (SSSR count). The molecular formula is C27H35NO2. The molecule has 0 radical (unpaired) electrons. The molecule has 0 bridgehead atoms. The SMILES string of the molecule is CC.Cc1c(C)c(C)c2c(c1C)C(=O)N(C1c3ccccc3C(C)(C)C1(C)C)C2=O. The van der Waals surface area contributed by atoms with Crippen LogP contribution < -0.4 is 0 Å². The summed E-state index contributed by atoms with van der Waals surface area (Å²) in [5.41, 5.74) is 7.15. The van der Waals surface area contributed by atoms with Gasteiger partial charge in [-0.05, 0) is 71.9 Å². The minimum atomic E-state index is -0.282. The predicted octanol–water partition coefficient (Wildman–Crippen LogP) is 6.60. The van der Waals surface area contributed by atoms with E-state index in [2.05, 4.69) is 39.8 Å². The Bertz CT molecular complexity index is 1010. The number of fused-ring (bicyclic) bond motifs is 2. The molecule has 1 aliphatic heterocycles. The Hall–Kier alpha value is -2.42. The van der Waals surface area contributed by atoms with Gasteiger partial charge in [0, 0.05) is 0 Å². The molecule has 1 heterocycles. The molecule has 1 aliphatic carbocycles. The Balaban J connectivity index is 0.00000124. The number of rotatable bonds is 1. The second-order valence-electron chi connectivity index (χ2n) is 9.57. The van der Waals surface area contributed by atoms with Crippen molar-refractivity contribution in [3.8, 4) is 0 Å². The Kier molecular flexibility index (Phi) is 5.25. The number of amides is 2. The first-order valence-corrected chi connectivity index (χ1v) is 11.0. The Morgan fingerprint density at radius 2 is 1.17 bits per heavy atom. The average molecular weight is 406 g/mol. The lowest BCUT2D eigenvalue weighted by Crippen LogP contribution is -2.44. The molecular weight excluding hydrogens is 370 g/mol. The molecule has 2 aliphatic rings. The van der Waals surface area contributed by atoms with Gasteiger partial charge >= 0.3 is 0 Å². The summed E-state index contributed by atoms with van der Waals surface area (Å²) in [4.78, 5) is 28.8. The second kappa shape index (κ2) is 7.08. The number of carbonyl (C=O) groups is 2. The summed E-state index contributed by atoms with van der Waals surface area (Å²) in [6.07, 6.45) is 0. The second-order valence-corrected chi connectivity index (χ2v) is 9.57. The fraction of sp³-hybridized carbons (Fsp3) is 0.481. The van der Waals surface area contributed by atoms with E-state index in [0.717, 1.165) is 27.8 Å². The van der Waals surface area contributed by atoms with Crippen molar-refractivity contribution < 1.29 is 9.59 Å². The average Bonchev–Trinajstić information content (AvgIpc) is 3.05. The molecule has 2 amide bonds. The van der Waals surface area contributed by atoms with Crippen molar-refractivity contribution in [1.82, 2.24) is 4.90 Å². The molecule has 2 aromatic rings. The Morgan fingerprint density at radius 3 is 1.63 bits per heavy atom. The fourth-order valence-corrected chi connectivity index (χ4v) is 5.26. The van der Waals surface area contributed by atoms with Crippen molar-refractivity contribution in [2.24, 2.45) is 5.41 Å². The van der Waals surface area contributed by atoms with Gasteiger partial charge in [-0.2, -0.15) is 0 Å². The highest BCUT2D eigenvalue weighted by Gasteiger charge is 2.58. The lowest BCUT2D eigenvalue weighted by molar-refractivity contribution is 0.0357. The lowest BCUT2D eigenvalue weighted by Gasteiger charge is -2.42. The van der Waals surface area contributed by atoms with Crippen LogP contribution >= 0.6 is 0 Å². The molecule has 2 aromatic carbocycles. The molecule has 0 saturated carbocycles. The van der Waals surface area contributed by atoms with Crippen molar-refractivity contribution in [2.75, 3.05) is 0 Å². The largest absolute Gasteiger partial charge is 0.269 e. The standard InChI is InChI=1S/C25H29NO2.C2H6/c1-13-14(2)16(4)20-19(15(13)3)22(27)26(23(20)28)21-17-11-9-10-12-18(17)24(5,6)25(21,7)8;1-2/h9-12,21H,1-8H3;1-2H3. The molecule has 3 nitrogen and oxygen atoms in total. The fourth-order valence-electron chi connectivity index (χ4n) is 5.26. The zero-order chi connectivity index (χ0) is 22.8. The van der Waals surface area contributed by atoms with Gasteiger partial charge in [0.1, 0.15) is 0 Å². The van der Waals surface area contributed by atoms with E-state index in [1.54, 1.807) is 4.90 Å². The van der Waals surface area contributed by atoms with E-state index in [-0.39, 0.29) is 28.7 Å². The molecule has 1 atom stereocenters. The van der Waals surface area contributed by atoms with Crippen LogP contribution in [0.5, 0.6) is 0 Å². The highest BCUT2D eigenvalue weighted by atomic mass is 16.2. The van der Waals surface area contributed by atoms with Crippen molar-refractivity contribution in [2.45, 2.75) is 80.7 Å². The number of imide groups is 1. The summed E-state index contributed by atoms with van der Waals surface area (Å²) in [6, 6.07) is 8.00. The Morgan fingerprint density at radius 1 is 0.733 bits per heavy atom. The minimum absolute atomic E-state index is 0.144. The van der Waals surface area contributed by atoms with Crippen LogP contribution in [0, 0.1) is 33.1 Å². The van der Waals surface area contributed by atoms with Gasteiger partial charge < -0.3 is 0 Å². The van der Waals surface area contributed by atoms with Gasteiger partial charge in [0.2, 0.25) is 0 Å². The predicted molar refractivity (Wildman–Crippen MR) is 123 cm³/mol. The van der Waals surface area contributed by atoms with Gasteiger partial charge in [-0.25, -0.2) is 0 Å². The van der Waals surface area contributed by atoms with Gasteiger partial charge in [0.15, 0.2) is 0 Å². The van der Waals surface area contributed by atoms with Crippen LogP contribution in [0.4, 0.5) is 0 Å². The van der Waals surface area contributed by atoms with Gasteiger partial charge in [0.25, 0.3) is 11.8 Å². The van der Waals surface area contributed by atoms with Crippen LogP contribution in [0.1, 0.15) is 102 Å². The molecule has 0 aromatic heterocycles. The third kappa shape index (κ3) is 2.57. The van der Waals surface area contributed by atoms with E-state index in [0.29, 0.717) is 11.1 Å². The topological polar surface area (TPSA) is 37.4 Å². The van der Waals surface area contributed by atoms with E-state index in [1.165, 1.54) is 5.56 Å². The molecule has 160 valence electrons. The van der Waals surface area contributed by atoms with Gasteiger partial charge in [0.05, 0.1) is 17.2 Å². The summed E-state index contributed by atoms with van der Waals surface area (Å²) < 4.78 is 0. The van der Waals surface area contributed by atoms with Crippen LogP contribution in [0.25, 0.3) is 0 Å². The third-order valence-electron chi connectivity index (χ3n) is 8.03. The molecule has 0 fully saturated rings. The number of benzene rings is 2. The summed E-state index contributed by atoms with van der Waals surface area (Å²) in [5, 5.41) is 0. The smallest absolute Gasteiger partial charge is 0.262 e. The van der Waals surface area contributed by atoms with Gasteiger partial charge in [-0.15, -0.1) is 0 Å². The maximum absolute atomic E-state index is 13.6. The summed E-state index contributed by atoms with van der Waals surface area (Å²) in [6.45, 7) is 20.8. The maximum Gasteiger partial charge on any atom is 0.262 e. The quantitative estimate of drug-likeness (QED) is 0.501. The van der Waals surface area contributed by atoms with E-state index in [4.69, 9.17) is 0 Å². The molecule has 30 heavy (non-hydrogen) atoms. The summed E-state index contributed by atoms with van der Waals surface area (Å²) >= 11 is 0.